The van der Waals surface area contributed by atoms with Gasteiger partial charge in [0.2, 0.25) is 5.91 Å². The van der Waals surface area contributed by atoms with Gasteiger partial charge in [-0.2, -0.15) is 0 Å². The molecule has 0 unspecified atom stereocenters. The van der Waals surface area contributed by atoms with Crippen LogP contribution in [0.1, 0.15) is 148 Å². The van der Waals surface area contributed by atoms with Crippen LogP contribution >= 0.6 is 0 Å². The number of nitrogens with one attached hydrogen (secondary N) is 3. The number of aliphatic hydroxyl groups is 3. The second-order valence-electron chi connectivity index (χ2n) is 14.5. The lowest BCUT2D eigenvalue weighted by Gasteiger charge is -2.46. The van der Waals surface area contributed by atoms with Crippen molar-refractivity contribution in [3.05, 3.63) is 35.9 Å². The molecule has 12 nitrogen and oxygen atoms in total. The van der Waals surface area contributed by atoms with Crippen molar-refractivity contribution in [1.82, 2.24) is 20.9 Å². The fraction of sp³-hybridized carbons (Fsp3) is 0.780. The zero-order valence-electron chi connectivity index (χ0n) is 32.8. The van der Waals surface area contributed by atoms with Crippen LogP contribution in [-0.4, -0.2) is 95.1 Å². The Morgan fingerprint density at radius 2 is 1.25 bits per heavy atom. The molecule has 1 aliphatic rings. The Bertz CT molecular complexity index is 1100. The Morgan fingerprint density at radius 1 is 0.717 bits per heavy atom. The highest BCUT2D eigenvalue weighted by molar-refractivity contribution is 5.82. The molecule has 0 spiro atoms. The number of rotatable bonds is 29. The molecular weight excluding hydrogens is 676 g/mol. The summed E-state index contributed by atoms with van der Waals surface area (Å²) in [6.07, 6.45) is 16.8. The summed E-state index contributed by atoms with van der Waals surface area (Å²) in [4.78, 5) is 40.6. The summed E-state index contributed by atoms with van der Waals surface area (Å²) < 4.78 is 11.2. The van der Waals surface area contributed by atoms with Gasteiger partial charge in [-0.1, -0.05) is 160 Å². The first-order chi connectivity index (χ1) is 25.8. The molecule has 1 aliphatic heterocycles. The van der Waals surface area contributed by atoms with Crippen molar-refractivity contribution in [3.63, 3.8) is 0 Å². The van der Waals surface area contributed by atoms with Gasteiger partial charge in [-0.3, -0.25) is 9.69 Å². The first-order valence-electron chi connectivity index (χ1n) is 20.7. The van der Waals surface area contributed by atoms with Gasteiger partial charge in [-0.05, 0) is 18.4 Å². The minimum absolute atomic E-state index is 0.0302. The Morgan fingerprint density at radius 3 is 1.79 bits per heavy atom. The van der Waals surface area contributed by atoms with Crippen molar-refractivity contribution < 1.29 is 39.2 Å². The first kappa shape index (κ1) is 46.2. The number of aliphatic hydroxyl groups excluding tert-OH is 3. The SMILES string of the molecule is CCCCCCCCCCCCNC(=O)N(CCCCCCCCCCCC)[C@@H]1O[C@H](CO)[C@@H](O)[C@H](O)[C@H]1NC(=O)CNC(=O)OCc1ccccc1. The van der Waals surface area contributed by atoms with Gasteiger partial charge < -0.3 is 40.7 Å². The van der Waals surface area contributed by atoms with Crippen LogP contribution in [0.15, 0.2) is 30.3 Å². The summed E-state index contributed by atoms with van der Waals surface area (Å²) >= 11 is 0. The van der Waals surface area contributed by atoms with E-state index in [1.165, 1.54) is 88.4 Å². The fourth-order valence-electron chi connectivity index (χ4n) is 6.71. The number of hydrogen-bond donors (Lipinski definition) is 6. The lowest BCUT2D eigenvalue weighted by molar-refractivity contribution is -0.224. The average molecular weight is 749 g/mol. The average Bonchev–Trinajstić information content (AvgIpc) is 3.17. The highest BCUT2D eigenvalue weighted by Gasteiger charge is 2.48. The Balaban J connectivity index is 1.99. The number of nitrogens with zero attached hydrogens (tertiary/aromatic N) is 1. The third kappa shape index (κ3) is 19.8. The standard InChI is InChI=1S/C41H72N4O8/c1-3-5-7-9-11-13-15-17-19-24-28-42-40(50)45(29-25-20-18-16-14-12-10-8-6-4-2)39-36(38(49)37(48)34(31-46)53-39)44-35(47)30-43-41(51)52-32-33-26-22-21-23-27-33/h21-23,26-27,34,36-39,46,48-49H,3-20,24-25,28-32H2,1-2H3,(H,42,50)(H,43,51)(H,44,47)/t34-,36-,37-,38-,39-/m1/s1. The Labute approximate surface area is 319 Å². The molecule has 4 amide bonds. The van der Waals surface area contributed by atoms with Crippen LogP contribution in [0.5, 0.6) is 0 Å². The maximum atomic E-state index is 13.8. The van der Waals surface area contributed by atoms with Crippen molar-refractivity contribution in [2.75, 3.05) is 26.2 Å². The van der Waals surface area contributed by atoms with Crippen LogP contribution in [-0.2, 0) is 20.9 Å². The maximum absolute atomic E-state index is 13.8. The van der Waals surface area contributed by atoms with Gasteiger partial charge in [0, 0.05) is 13.1 Å². The first-order valence-corrected chi connectivity index (χ1v) is 20.7. The maximum Gasteiger partial charge on any atom is 0.407 e. The molecule has 0 aliphatic carbocycles. The summed E-state index contributed by atoms with van der Waals surface area (Å²) in [5, 5.41) is 40.0. The van der Waals surface area contributed by atoms with E-state index >= 15 is 0 Å². The summed E-state index contributed by atoms with van der Waals surface area (Å²) in [5.74, 6) is -0.668. The number of unbranched alkanes of at least 4 members (excludes halogenated alkanes) is 18. The number of benzene rings is 1. The molecule has 0 saturated carbocycles. The van der Waals surface area contributed by atoms with E-state index in [0.29, 0.717) is 19.5 Å². The lowest BCUT2D eigenvalue weighted by atomic mass is 9.95. The van der Waals surface area contributed by atoms with Gasteiger partial charge >= 0.3 is 12.1 Å². The lowest BCUT2D eigenvalue weighted by Crippen LogP contribution is -2.70. The number of amides is 4. The predicted octanol–water partition coefficient (Wildman–Crippen LogP) is 6.69. The van der Waals surface area contributed by atoms with E-state index in [2.05, 4.69) is 29.8 Å². The van der Waals surface area contributed by atoms with Crippen LogP contribution in [0.2, 0.25) is 0 Å². The van der Waals surface area contributed by atoms with E-state index in [1.807, 2.05) is 30.3 Å². The van der Waals surface area contributed by atoms with Crippen molar-refractivity contribution in [2.24, 2.45) is 0 Å². The minimum atomic E-state index is -1.55. The second kappa shape index (κ2) is 29.4. The molecular formula is C41H72N4O8. The Kier molecular flexibility index (Phi) is 25.7. The van der Waals surface area contributed by atoms with E-state index in [-0.39, 0.29) is 6.61 Å². The zero-order chi connectivity index (χ0) is 38.5. The summed E-state index contributed by atoms with van der Waals surface area (Å²) in [7, 11) is 0. The molecule has 5 atom stereocenters. The van der Waals surface area contributed by atoms with Crippen LogP contribution in [0.25, 0.3) is 0 Å². The van der Waals surface area contributed by atoms with Crippen molar-refractivity contribution in [3.8, 4) is 0 Å². The molecule has 1 heterocycles. The topological polar surface area (TPSA) is 170 Å². The normalized spacial score (nSPS) is 19.8. The van der Waals surface area contributed by atoms with Gasteiger partial charge in [0.05, 0.1) is 6.61 Å². The third-order valence-corrected chi connectivity index (χ3v) is 9.96. The Hall–Kier alpha value is -2.93. The second-order valence-corrected chi connectivity index (χ2v) is 14.5. The molecule has 1 saturated heterocycles. The molecule has 0 radical (unpaired) electrons. The highest BCUT2D eigenvalue weighted by atomic mass is 16.6. The van der Waals surface area contributed by atoms with Crippen LogP contribution in [0.3, 0.4) is 0 Å². The van der Waals surface area contributed by atoms with E-state index in [9.17, 15) is 29.7 Å². The summed E-state index contributed by atoms with van der Waals surface area (Å²) in [6.45, 7) is 4.18. The number of hydrogen-bond acceptors (Lipinski definition) is 8. The predicted molar refractivity (Wildman–Crippen MR) is 208 cm³/mol. The van der Waals surface area contributed by atoms with Crippen LogP contribution in [0.4, 0.5) is 9.59 Å². The molecule has 1 fully saturated rings. The third-order valence-electron chi connectivity index (χ3n) is 9.96. The van der Waals surface area contributed by atoms with Gasteiger partial charge in [0.25, 0.3) is 0 Å². The molecule has 53 heavy (non-hydrogen) atoms. The van der Waals surface area contributed by atoms with E-state index in [0.717, 1.165) is 44.1 Å². The minimum Gasteiger partial charge on any atom is -0.445 e. The molecule has 0 bridgehead atoms. The number of carbonyl (C=O) groups is 3. The highest BCUT2D eigenvalue weighted by Crippen LogP contribution is 2.25. The van der Waals surface area contributed by atoms with E-state index in [4.69, 9.17) is 9.47 Å². The van der Waals surface area contributed by atoms with Crippen LogP contribution in [0, 0.1) is 0 Å². The quantitative estimate of drug-likeness (QED) is 0.0493. The summed E-state index contributed by atoms with van der Waals surface area (Å²) in [6, 6.07) is 7.50. The molecule has 1 aromatic carbocycles. The number of carbonyl (C=O) groups excluding carboxylic acids is 3. The van der Waals surface area contributed by atoms with Gasteiger partial charge in [-0.15, -0.1) is 0 Å². The van der Waals surface area contributed by atoms with E-state index in [1.54, 1.807) is 0 Å². The number of ether oxygens (including phenoxy) is 2. The molecule has 2 rings (SSSR count). The van der Waals surface area contributed by atoms with Crippen molar-refractivity contribution in [2.45, 2.75) is 179 Å². The largest absolute Gasteiger partial charge is 0.445 e. The van der Waals surface area contributed by atoms with Gasteiger partial charge in [0.15, 0.2) is 6.23 Å². The zero-order valence-corrected chi connectivity index (χ0v) is 32.8. The van der Waals surface area contributed by atoms with Gasteiger partial charge in [-0.25, -0.2) is 9.59 Å². The number of urea groups is 1. The molecule has 6 N–H and O–H groups in total. The van der Waals surface area contributed by atoms with Gasteiger partial charge in [0.1, 0.15) is 37.5 Å². The molecule has 1 aromatic rings. The van der Waals surface area contributed by atoms with Crippen molar-refractivity contribution >= 4 is 18.0 Å². The molecule has 304 valence electrons. The summed E-state index contributed by atoms with van der Waals surface area (Å²) in [5.41, 5.74) is 0.791. The fourth-order valence-corrected chi connectivity index (χ4v) is 6.71. The molecule has 0 aromatic heterocycles. The monoisotopic (exact) mass is 749 g/mol. The number of alkyl carbamates (subject to hydrolysis) is 1. The van der Waals surface area contributed by atoms with E-state index < -0.39 is 61.8 Å². The van der Waals surface area contributed by atoms with Crippen molar-refractivity contribution in [1.29, 1.82) is 0 Å². The van der Waals surface area contributed by atoms with Crippen LogP contribution < -0.4 is 16.0 Å². The molecule has 12 heteroatoms. The smallest absolute Gasteiger partial charge is 0.407 e.